The van der Waals surface area contributed by atoms with E-state index in [1.807, 2.05) is 11.3 Å². The van der Waals surface area contributed by atoms with Crippen molar-refractivity contribution < 1.29 is 0 Å². The normalized spacial score (nSPS) is 11.3. The Hall–Kier alpha value is -1.56. The van der Waals surface area contributed by atoms with Crippen molar-refractivity contribution in [3.05, 3.63) is 66.0 Å². The zero-order chi connectivity index (χ0) is 11.9. The molecule has 2 heteroatoms. The Bertz CT molecular complexity index is 771. The van der Waals surface area contributed by atoms with Gasteiger partial charge in [0.15, 0.2) is 0 Å². The predicted molar refractivity (Wildman–Crippen MR) is 83.4 cm³/mol. The van der Waals surface area contributed by atoms with E-state index in [0.717, 1.165) is 0 Å². The summed E-state index contributed by atoms with van der Waals surface area (Å²) in [6.45, 7) is 0. The minimum Gasteiger partial charge on any atom is -0.140 e. The lowest BCUT2D eigenvalue weighted by Gasteiger charge is -1.98. The van der Waals surface area contributed by atoms with Crippen molar-refractivity contribution in [2.24, 2.45) is 0 Å². The first-order chi connectivity index (χ1) is 8.95. The summed E-state index contributed by atoms with van der Waals surface area (Å²) in [6, 6.07) is 22.1. The van der Waals surface area contributed by atoms with Crippen molar-refractivity contribution in [1.29, 1.82) is 0 Å². The number of fused-ring (bicyclic) bond motifs is 3. The second-order valence-corrected chi connectivity index (χ2v) is 7.69. The van der Waals surface area contributed by atoms with Crippen LogP contribution in [0.25, 0.3) is 25.6 Å². The molecule has 0 saturated carbocycles. The van der Waals surface area contributed by atoms with Gasteiger partial charge in [-0.1, -0.05) is 50.0 Å². The van der Waals surface area contributed by atoms with E-state index in [-0.39, 0.29) is 7.53 Å². The molecule has 0 spiro atoms. The van der Waals surface area contributed by atoms with Crippen molar-refractivity contribution in [3.8, 4) is 4.62 Å². The standard InChI is InChI=1S/C16H11PS/c1-3-8-14-12(6-1)13-7-2-4-9-15(13)17(14)16-10-5-11-18-16/h1-11H. The first-order valence-corrected chi connectivity index (χ1v) is 8.19. The maximum Gasteiger partial charge on any atom is 0.0512 e. The molecule has 0 aliphatic heterocycles. The van der Waals surface area contributed by atoms with E-state index in [4.69, 9.17) is 0 Å². The molecule has 0 bridgehead atoms. The third kappa shape index (κ3) is 1.38. The van der Waals surface area contributed by atoms with Crippen LogP contribution in [-0.2, 0) is 0 Å². The van der Waals surface area contributed by atoms with Crippen molar-refractivity contribution in [1.82, 2.24) is 0 Å². The van der Waals surface area contributed by atoms with E-state index in [1.165, 1.54) is 25.6 Å². The van der Waals surface area contributed by atoms with Gasteiger partial charge in [0.2, 0.25) is 0 Å². The summed E-state index contributed by atoms with van der Waals surface area (Å²) in [5, 5.41) is 8.05. The SMILES string of the molecule is c1csc(-p2c3ccccc3c3ccccc32)c1. The summed E-state index contributed by atoms with van der Waals surface area (Å²) in [6.07, 6.45) is 0. The zero-order valence-corrected chi connectivity index (χ0v) is 11.4. The van der Waals surface area contributed by atoms with Crippen LogP contribution in [0.3, 0.4) is 0 Å². The molecule has 0 N–H and O–H groups in total. The Labute approximate surface area is 111 Å². The maximum absolute atomic E-state index is 2.29. The van der Waals surface area contributed by atoms with Gasteiger partial charge >= 0.3 is 0 Å². The number of hydrogen-bond acceptors (Lipinski definition) is 1. The van der Waals surface area contributed by atoms with Gasteiger partial charge < -0.3 is 0 Å². The van der Waals surface area contributed by atoms with Gasteiger partial charge in [-0.05, 0) is 34.4 Å². The second kappa shape index (κ2) is 3.98. The minimum atomic E-state index is -0.316. The number of hydrogen-bond donors (Lipinski definition) is 0. The van der Waals surface area contributed by atoms with E-state index in [1.54, 1.807) is 0 Å². The summed E-state index contributed by atoms with van der Waals surface area (Å²) in [4.78, 5) is 0. The molecule has 2 aromatic heterocycles. The third-order valence-corrected chi connectivity index (χ3v) is 7.17. The average molecular weight is 266 g/mol. The lowest BCUT2D eigenvalue weighted by molar-refractivity contribution is 1.84. The molecule has 0 nitrogen and oxygen atoms in total. The Morgan fingerprint density at radius 2 is 1.28 bits per heavy atom. The van der Waals surface area contributed by atoms with Gasteiger partial charge in [0.1, 0.15) is 0 Å². The second-order valence-electron chi connectivity index (χ2n) is 4.32. The van der Waals surface area contributed by atoms with Crippen LogP contribution in [0.15, 0.2) is 66.0 Å². The Balaban J connectivity index is 2.28. The summed E-state index contributed by atoms with van der Waals surface area (Å²) in [7, 11) is -0.316. The largest absolute Gasteiger partial charge is 0.140 e. The van der Waals surface area contributed by atoms with Crippen LogP contribution in [0.4, 0.5) is 0 Å². The van der Waals surface area contributed by atoms with Gasteiger partial charge in [-0.15, -0.1) is 11.3 Å². The van der Waals surface area contributed by atoms with Crippen LogP contribution in [0, 0.1) is 0 Å². The molecule has 0 aliphatic rings. The third-order valence-electron chi connectivity index (χ3n) is 3.31. The highest BCUT2D eigenvalue weighted by Gasteiger charge is 2.12. The quantitative estimate of drug-likeness (QED) is 0.394. The first-order valence-electron chi connectivity index (χ1n) is 5.97. The van der Waals surface area contributed by atoms with Crippen LogP contribution < -0.4 is 0 Å². The monoisotopic (exact) mass is 266 g/mol. The number of benzene rings is 2. The molecular weight excluding hydrogens is 255 g/mol. The number of rotatable bonds is 1. The average Bonchev–Trinajstić information content (AvgIpc) is 3.03. The van der Waals surface area contributed by atoms with E-state index in [9.17, 15) is 0 Å². The Morgan fingerprint density at radius 3 is 1.83 bits per heavy atom. The van der Waals surface area contributed by atoms with Crippen LogP contribution in [0.5, 0.6) is 0 Å². The van der Waals surface area contributed by atoms with E-state index < -0.39 is 0 Å². The first kappa shape index (κ1) is 10.4. The van der Waals surface area contributed by atoms with Crippen molar-refractivity contribution in [2.75, 3.05) is 0 Å². The summed E-state index contributed by atoms with van der Waals surface area (Å²) < 4.78 is 1.50. The molecule has 4 aromatic rings. The van der Waals surface area contributed by atoms with Crippen LogP contribution in [-0.4, -0.2) is 0 Å². The highest BCUT2D eigenvalue weighted by molar-refractivity contribution is 7.72. The van der Waals surface area contributed by atoms with Crippen LogP contribution in [0.2, 0.25) is 0 Å². The van der Waals surface area contributed by atoms with Gasteiger partial charge in [0.25, 0.3) is 0 Å². The number of thiophene rings is 1. The molecule has 18 heavy (non-hydrogen) atoms. The highest BCUT2D eigenvalue weighted by Crippen LogP contribution is 2.56. The topological polar surface area (TPSA) is 0 Å². The maximum atomic E-state index is 2.29. The molecule has 0 fully saturated rings. The summed E-state index contributed by atoms with van der Waals surface area (Å²) in [5.41, 5.74) is 0. The van der Waals surface area contributed by atoms with Crippen LogP contribution >= 0.6 is 18.9 Å². The predicted octanol–water partition coefficient (Wildman–Crippen LogP) is 6.03. The molecule has 0 atom stereocenters. The Kier molecular flexibility index (Phi) is 2.29. The lowest BCUT2D eigenvalue weighted by atomic mass is 10.2. The van der Waals surface area contributed by atoms with E-state index >= 15 is 0 Å². The molecule has 0 amide bonds. The van der Waals surface area contributed by atoms with E-state index in [2.05, 4.69) is 66.0 Å². The van der Waals surface area contributed by atoms with E-state index in [0.29, 0.717) is 0 Å². The smallest absolute Gasteiger partial charge is 0.0512 e. The van der Waals surface area contributed by atoms with Crippen molar-refractivity contribution >= 4 is 39.9 Å². The minimum absolute atomic E-state index is 0.316. The van der Waals surface area contributed by atoms with Crippen molar-refractivity contribution in [3.63, 3.8) is 0 Å². The molecule has 4 rings (SSSR count). The molecule has 0 aliphatic carbocycles. The summed E-state index contributed by atoms with van der Waals surface area (Å²) >= 11 is 1.88. The molecular formula is C16H11PS. The zero-order valence-electron chi connectivity index (χ0n) is 9.71. The molecule has 0 radical (unpaired) electrons. The Morgan fingerprint density at radius 1 is 0.667 bits per heavy atom. The highest BCUT2D eigenvalue weighted by atomic mass is 32.1. The molecule has 2 aromatic carbocycles. The fourth-order valence-corrected chi connectivity index (χ4v) is 6.52. The van der Waals surface area contributed by atoms with Crippen molar-refractivity contribution in [2.45, 2.75) is 0 Å². The molecule has 2 heterocycles. The lowest BCUT2D eigenvalue weighted by Crippen LogP contribution is -1.62. The molecule has 0 saturated heterocycles. The summed E-state index contributed by atoms with van der Waals surface area (Å²) in [5.74, 6) is 0. The van der Waals surface area contributed by atoms with Gasteiger partial charge in [-0.25, -0.2) is 0 Å². The fourth-order valence-electron chi connectivity index (χ4n) is 2.56. The van der Waals surface area contributed by atoms with Gasteiger partial charge in [0, 0.05) is 10.2 Å². The van der Waals surface area contributed by atoms with Gasteiger partial charge in [-0.3, -0.25) is 0 Å². The van der Waals surface area contributed by atoms with Crippen LogP contribution in [0.1, 0.15) is 0 Å². The van der Waals surface area contributed by atoms with Gasteiger partial charge in [0.05, 0.1) is 4.62 Å². The fraction of sp³-hybridized carbons (Fsp3) is 0. The molecule has 86 valence electrons. The van der Waals surface area contributed by atoms with Gasteiger partial charge in [-0.2, -0.15) is 0 Å². The molecule has 0 unspecified atom stereocenters.